The van der Waals surface area contributed by atoms with E-state index in [4.69, 9.17) is 10.00 Å². The fourth-order valence-corrected chi connectivity index (χ4v) is 2.95. The van der Waals surface area contributed by atoms with Crippen molar-refractivity contribution in [2.24, 2.45) is 10.2 Å². The second kappa shape index (κ2) is 11.7. The number of azo groups is 1. The van der Waals surface area contributed by atoms with Crippen LogP contribution in [0.3, 0.4) is 0 Å². The molecule has 3 rings (SSSR count). The highest BCUT2D eigenvalue weighted by molar-refractivity contribution is 5.89. The SMILES string of the molecule is N#CCCN(CCOC(=O)c1ccccc1)c1ccc(N=Nc2ccc([N+](=O)[O-])cc2)cc1. The van der Waals surface area contributed by atoms with Crippen molar-refractivity contribution < 1.29 is 14.5 Å². The van der Waals surface area contributed by atoms with Crippen LogP contribution in [0.4, 0.5) is 22.7 Å². The van der Waals surface area contributed by atoms with Gasteiger partial charge in [-0.3, -0.25) is 10.1 Å². The first-order chi connectivity index (χ1) is 16.1. The first-order valence-electron chi connectivity index (χ1n) is 10.2. The van der Waals surface area contributed by atoms with E-state index in [9.17, 15) is 14.9 Å². The lowest BCUT2D eigenvalue weighted by molar-refractivity contribution is -0.384. The van der Waals surface area contributed by atoms with Crippen LogP contribution in [0.15, 0.2) is 89.1 Å². The topological polar surface area (TPSA) is 121 Å². The summed E-state index contributed by atoms with van der Waals surface area (Å²) in [5.41, 5.74) is 2.44. The molecular formula is C24H21N5O4. The van der Waals surface area contributed by atoms with E-state index >= 15 is 0 Å². The number of carbonyl (C=O) groups is 1. The predicted octanol–water partition coefficient (Wildman–Crippen LogP) is 5.59. The van der Waals surface area contributed by atoms with Crippen molar-refractivity contribution in [1.29, 1.82) is 5.26 Å². The van der Waals surface area contributed by atoms with Crippen LogP contribution in [0.2, 0.25) is 0 Å². The fraction of sp³-hybridized carbons (Fsp3) is 0.167. The van der Waals surface area contributed by atoms with Crippen molar-refractivity contribution >= 4 is 28.7 Å². The summed E-state index contributed by atoms with van der Waals surface area (Å²) in [6, 6.07) is 23.9. The Morgan fingerprint density at radius 3 is 2.12 bits per heavy atom. The molecule has 0 aliphatic rings. The summed E-state index contributed by atoms with van der Waals surface area (Å²) in [6.45, 7) is 1.10. The standard InChI is InChI=1S/C24H21N5O4/c25-15-4-16-28(17-18-33-24(30)19-5-2-1-3-6-19)22-11-7-20(8-12-22)26-27-21-9-13-23(14-10-21)29(31)32/h1-3,5-14H,4,16-18H2. The number of nitrogens with zero attached hydrogens (tertiary/aromatic N) is 5. The zero-order valence-electron chi connectivity index (χ0n) is 17.7. The van der Waals surface area contributed by atoms with Gasteiger partial charge in [-0.15, -0.1) is 0 Å². The predicted molar refractivity (Wildman–Crippen MR) is 123 cm³/mol. The first kappa shape index (κ1) is 23.1. The Morgan fingerprint density at radius 2 is 1.55 bits per heavy atom. The number of benzene rings is 3. The van der Waals surface area contributed by atoms with Gasteiger partial charge in [-0.25, -0.2) is 4.79 Å². The van der Waals surface area contributed by atoms with Crippen molar-refractivity contribution in [3.63, 3.8) is 0 Å². The lowest BCUT2D eigenvalue weighted by atomic mass is 10.2. The molecule has 0 amide bonds. The Balaban J connectivity index is 1.60. The summed E-state index contributed by atoms with van der Waals surface area (Å²) in [7, 11) is 0. The quantitative estimate of drug-likeness (QED) is 0.174. The molecule has 0 saturated carbocycles. The van der Waals surface area contributed by atoms with Gasteiger partial charge in [0, 0.05) is 24.4 Å². The smallest absolute Gasteiger partial charge is 0.338 e. The Kier molecular flexibility index (Phi) is 8.20. The molecule has 0 fully saturated rings. The minimum absolute atomic E-state index is 0.00906. The van der Waals surface area contributed by atoms with Crippen LogP contribution in [0.1, 0.15) is 16.8 Å². The van der Waals surface area contributed by atoms with Gasteiger partial charge in [0.2, 0.25) is 0 Å². The molecule has 3 aromatic carbocycles. The average molecular weight is 443 g/mol. The van der Waals surface area contributed by atoms with Gasteiger partial charge in [-0.1, -0.05) is 18.2 Å². The Labute approximate surface area is 190 Å². The van der Waals surface area contributed by atoms with Gasteiger partial charge in [-0.05, 0) is 48.5 Å². The Bertz CT molecular complexity index is 1140. The minimum atomic E-state index is -0.472. The zero-order valence-corrected chi connectivity index (χ0v) is 17.7. The second-order valence-electron chi connectivity index (χ2n) is 6.89. The molecule has 0 unspecified atom stereocenters. The number of nitriles is 1. The third-order valence-corrected chi connectivity index (χ3v) is 4.65. The molecule has 0 spiro atoms. The van der Waals surface area contributed by atoms with E-state index in [2.05, 4.69) is 16.3 Å². The van der Waals surface area contributed by atoms with Crippen LogP contribution in [-0.2, 0) is 4.74 Å². The van der Waals surface area contributed by atoms with E-state index in [0.29, 0.717) is 36.4 Å². The number of hydrogen-bond donors (Lipinski definition) is 0. The van der Waals surface area contributed by atoms with Crippen LogP contribution < -0.4 is 4.90 Å². The van der Waals surface area contributed by atoms with Crippen LogP contribution in [0, 0.1) is 21.4 Å². The van der Waals surface area contributed by atoms with Crippen LogP contribution in [0.5, 0.6) is 0 Å². The van der Waals surface area contributed by atoms with Crippen molar-refractivity contribution in [1.82, 2.24) is 0 Å². The molecule has 9 heteroatoms. The van der Waals surface area contributed by atoms with Gasteiger partial charge in [0.25, 0.3) is 5.69 Å². The molecule has 0 bridgehead atoms. The van der Waals surface area contributed by atoms with Crippen LogP contribution in [0.25, 0.3) is 0 Å². The van der Waals surface area contributed by atoms with Crippen molar-refractivity contribution in [3.8, 4) is 6.07 Å². The Morgan fingerprint density at radius 1 is 0.939 bits per heavy atom. The largest absolute Gasteiger partial charge is 0.460 e. The van der Waals surface area contributed by atoms with E-state index in [1.807, 2.05) is 23.1 Å². The van der Waals surface area contributed by atoms with Gasteiger partial charge in [0.05, 0.1) is 40.9 Å². The highest BCUT2D eigenvalue weighted by Gasteiger charge is 2.10. The van der Waals surface area contributed by atoms with Crippen LogP contribution >= 0.6 is 0 Å². The maximum absolute atomic E-state index is 12.1. The Hall–Kier alpha value is -4.58. The summed E-state index contributed by atoms with van der Waals surface area (Å²) in [5, 5.41) is 27.9. The normalized spacial score (nSPS) is 10.5. The van der Waals surface area contributed by atoms with E-state index in [0.717, 1.165) is 5.69 Å². The maximum atomic E-state index is 12.1. The molecule has 0 heterocycles. The molecule has 3 aromatic rings. The van der Waals surface area contributed by atoms with Crippen molar-refractivity contribution in [2.75, 3.05) is 24.6 Å². The highest BCUT2D eigenvalue weighted by atomic mass is 16.6. The third kappa shape index (κ3) is 6.97. The van der Waals surface area contributed by atoms with Gasteiger partial charge >= 0.3 is 5.97 Å². The second-order valence-corrected chi connectivity index (χ2v) is 6.89. The molecule has 0 aliphatic carbocycles. The molecule has 0 aromatic heterocycles. The maximum Gasteiger partial charge on any atom is 0.338 e. The van der Waals surface area contributed by atoms with Gasteiger partial charge < -0.3 is 9.64 Å². The van der Waals surface area contributed by atoms with Crippen LogP contribution in [-0.4, -0.2) is 30.6 Å². The van der Waals surface area contributed by atoms with Gasteiger partial charge in [0.15, 0.2) is 0 Å². The molecule has 166 valence electrons. The van der Waals surface area contributed by atoms with E-state index in [1.54, 1.807) is 36.4 Å². The molecule has 0 saturated heterocycles. The van der Waals surface area contributed by atoms with E-state index in [-0.39, 0.29) is 12.3 Å². The molecule has 0 aliphatic heterocycles. The van der Waals surface area contributed by atoms with Gasteiger partial charge in [0.1, 0.15) is 6.61 Å². The summed E-state index contributed by atoms with van der Waals surface area (Å²) in [6.07, 6.45) is 0.328. The molecule has 33 heavy (non-hydrogen) atoms. The van der Waals surface area contributed by atoms with Gasteiger partial charge in [-0.2, -0.15) is 15.5 Å². The lowest BCUT2D eigenvalue weighted by Gasteiger charge is -2.23. The summed E-state index contributed by atoms with van der Waals surface area (Å²) < 4.78 is 5.36. The summed E-state index contributed by atoms with van der Waals surface area (Å²) >= 11 is 0. The number of hydrogen-bond acceptors (Lipinski definition) is 8. The van der Waals surface area contributed by atoms with Crippen molar-refractivity contribution in [2.45, 2.75) is 6.42 Å². The first-order valence-corrected chi connectivity index (χ1v) is 10.2. The number of non-ortho nitro benzene ring substituents is 1. The minimum Gasteiger partial charge on any atom is -0.460 e. The lowest BCUT2D eigenvalue weighted by Crippen LogP contribution is -2.29. The average Bonchev–Trinajstić information content (AvgIpc) is 2.86. The fourth-order valence-electron chi connectivity index (χ4n) is 2.95. The molecular weight excluding hydrogens is 422 g/mol. The number of esters is 1. The third-order valence-electron chi connectivity index (χ3n) is 4.65. The monoisotopic (exact) mass is 443 g/mol. The number of anilines is 1. The molecule has 0 atom stereocenters. The van der Waals surface area contributed by atoms with Crippen molar-refractivity contribution in [3.05, 3.63) is 94.5 Å². The molecule has 0 radical (unpaired) electrons. The number of nitro benzene ring substituents is 1. The number of carbonyl (C=O) groups excluding carboxylic acids is 1. The molecule has 0 N–H and O–H groups in total. The number of ether oxygens (including phenoxy) is 1. The summed E-state index contributed by atoms with van der Waals surface area (Å²) in [4.78, 5) is 24.3. The number of nitro groups is 1. The van der Waals surface area contributed by atoms with E-state index < -0.39 is 10.9 Å². The van der Waals surface area contributed by atoms with E-state index in [1.165, 1.54) is 24.3 Å². The molecule has 9 nitrogen and oxygen atoms in total. The number of rotatable bonds is 10. The highest BCUT2D eigenvalue weighted by Crippen LogP contribution is 2.24. The zero-order chi connectivity index (χ0) is 23.5. The summed E-state index contributed by atoms with van der Waals surface area (Å²) in [5.74, 6) is -0.391.